The van der Waals surface area contributed by atoms with E-state index in [1.807, 2.05) is 37.4 Å². The first kappa shape index (κ1) is 22.9. The van der Waals surface area contributed by atoms with Gasteiger partial charge in [-0.15, -0.1) is 0 Å². The van der Waals surface area contributed by atoms with E-state index in [0.29, 0.717) is 32.8 Å². The lowest BCUT2D eigenvalue weighted by molar-refractivity contribution is 0.194. The van der Waals surface area contributed by atoms with Crippen molar-refractivity contribution in [1.82, 2.24) is 15.0 Å². The number of benzene rings is 1. The summed E-state index contributed by atoms with van der Waals surface area (Å²) in [4.78, 5) is 16.0. The molecule has 3 N–H and O–H groups in total. The lowest BCUT2D eigenvalue weighted by Crippen LogP contribution is -2.44. The average molecular weight is 472 g/mol. The Bertz CT molecular complexity index is 1100. The number of hydrogen-bond donors (Lipinski definition) is 2. The molecule has 3 aromatic rings. The van der Waals surface area contributed by atoms with Crippen LogP contribution in [-0.4, -0.2) is 33.1 Å². The Kier molecular flexibility index (Phi) is 6.67. The molecule has 168 valence electrons. The molecule has 32 heavy (non-hydrogen) atoms. The number of anilines is 1. The fourth-order valence-electron chi connectivity index (χ4n) is 4.35. The van der Waals surface area contributed by atoms with Crippen molar-refractivity contribution in [3.8, 4) is 11.3 Å². The van der Waals surface area contributed by atoms with Crippen LogP contribution in [0.5, 0.6) is 0 Å². The molecule has 0 spiro atoms. The third-order valence-electron chi connectivity index (χ3n) is 6.48. The monoisotopic (exact) mass is 471 g/mol. The van der Waals surface area contributed by atoms with Crippen molar-refractivity contribution in [2.24, 2.45) is 11.1 Å². The molecule has 8 heteroatoms. The first-order chi connectivity index (χ1) is 15.3. The molecule has 1 unspecified atom stereocenters. The van der Waals surface area contributed by atoms with Crippen LogP contribution in [0.3, 0.4) is 0 Å². The minimum Gasteiger partial charge on any atom is -0.390 e. The quantitative estimate of drug-likeness (QED) is 0.546. The Morgan fingerprint density at radius 2 is 1.91 bits per heavy atom. The van der Waals surface area contributed by atoms with Gasteiger partial charge in [0.2, 0.25) is 0 Å². The molecule has 1 aliphatic heterocycles. The molecule has 1 atom stereocenters. The smallest absolute Gasteiger partial charge is 0.153 e. The van der Waals surface area contributed by atoms with E-state index in [1.165, 1.54) is 0 Å². The third kappa shape index (κ3) is 4.33. The molecule has 2 aromatic heterocycles. The predicted octanol–water partition coefficient (Wildman–Crippen LogP) is 4.95. The summed E-state index contributed by atoms with van der Waals surface area (Å²) in [5.41, 5.74) is 10.2. The van der Waals surface area contributed by atoms with Crippen LogP contribution in [0.25, 0.3) is 11.3 Å². The SMILES string of the molecule is Cc1nc(N2CCC(C)(C(N)c3cccnc3)CC2)c(CO)nc1-c1cccc(Cl)c1Cl. The number of rotatable bonds is 5. The topological polar surface area (TPSA) is 88.2 Å². The minimum atomic E-state index is -0.212. The highest BCUT2D eigenvalue weighted by molar-refractivity contribution is 6.43. The van der Waals surface area contributed by atoms with E-state index < -0.39 is 0 Å². The van der Waals surface area contributed by atoms with Crippen molar-refractivity contribution in [3.63, 3.8) is 0 Å². The second-order valence-corrected chi connectivity index (χ2v) is 9.38. The maximum absolute atomic E-state index is 10.1. The second kappa shape index (κ2) is 9.32. The molecular weight excluding hydrogens is 445 g/mol. The zero-order valence-electron chi connectivity index (χ0n) is 18.2. The van der Waals surface area contributed by atoms with Gasteiger partial charge in [-0.25, -0.2) is 9.97 Å². The van der Waals surface area contributed by atoms with Gasteiger partial charge in [-0.1, -0.05) is 48.3 Å². The number of nitrogens with zero attached hydrogens (tertiary/aromatic N) is 4. The summed E-state index contributed by atoms with van der Waals surface area (Å²) in [6, 6.07) is 9.29. The molecule has 1 aliphatic rings. The van der Waals surface area contributed by atoms with Crippen molar-refractivity contribution in [2.45, 2.75) is 39.3 Å². The summed E-state index contributed by atoms with van der Waals surface area (Å²) in [7, 11) is 0. The number of aliphatic hydroxyl groups excluding tert-OH is 1. The van der Waals surface area contributed by atoms with Crippen LogP contribution in [0.2, 0.25) is 10.0 Å². The summed E-state index contributed by atoms with van der Waals surface area (Å²) in [6.07, 6.45) is 5.41. The molecule has 1 saturated heterocycles. The molecule has 6 nitrogen and oxygen atoms in total. The fraction of sp³-hybridized carbons (Fsp3) is 0.375. The lowest BCUT2D eigenvalue weighted by Gasteiger charge is -2.43. The summed E-state index contributed by atoms with van der Waals surface area (Å²) >= 11 is 12.6. The van der Waals surface area contributed by atoms with Crippen LogP contribution >= 0.6 is 23.2 Å². The van der Waals surface area contributed by atoms with Crippen molar-refractivity contribution in [2.75, 3.05) is 18.0 Å². The van der Waals surface area contributed by atoms with Crippen molar-refractivity contribution in [1.29, 1.82) is 0 Å². The standard InChI is InChI=1S/C24H27Cl2N5O/c1-15-21(17-6-3-7-18(25)20(17)26)30-19(14-32)23(29-15)31-11-8-24(2,9-12-31)22(27)16-5-4-10-28-13-16/h3-7,10,13,22,32H,8-9,11-12,14,27H2,1-2H3. The van der Waals surface area contributed by atoms with Crippen LogP contribution in [-0.2, 0) is 6.61 Å². The highest BCUT2D eigenvalue weighted by Gasteiger charge is 2.37. The molecule has 3 heterocycles. The maximum atomic E-state index is 10.1. The van der Waals surface area contributed by atoms with Crippen molar-refractivity contribution < 1.29 is 5.11 Å². The Balaban J connectivity index is 1.59. The Labute approximate surface area is 198 Å². The van der Waals surface area contributed by atoms with E-state index in [4.69, 9.17) is 38.9 Å². The van der Waals surface area contributed by atoms with Crippen LogP contribution < -0.4 is 10.6 Å². The van der Waals surface area contributed by atoms with Crippen LogP contribution in [0, 0.1) is 12.3 Å². The van der Waals surface area contributed by atoms with Gasteiger partial charge >= 0.3 is 0 Å². The van der Waals surface area contributed by atoms with Crippen LogP contribution in [0.1, 0.15) is 42.8 Å². The molecule has 0 radical (unpaired) electrons. The normalized spacial score (nSPS) is 16.8. The molecule has 0 amide bonds. The lowest BCUT2D eigenvalue weighted by atomic mass is 9.72. The molecule has 1 fully saturated rings. The number of aliphatic hydroxyl groups is 1. The molecule has 0 aliphatic carbocycles. The minimum absolute atomic E-state index is 0.0460. The third-order valence-corrected chi connectivity index (χ3v) is 7.30. The van der Waals surface area contributed by atoms with E-state index in [-0.39, 0.29) is 18.1 Å². The van der Waals surface area contributed by atoms with Crippen molar-refractivity contribution in [3.05, 3.63) is 69.7 Å². The zero-order valence-corrected chi connectivity index (χ0v) is 19.7. The zero-order chi connectivity index (χ0) is 22.9. The highest BCUT2D eigenvalue weighted by atomic mass is 35.5. The van der Waals surface area contributed by atoms with Gasteiger partial charge in [0.05, 0.1) is 28.0 Å². The molecule has 0 bridgehead atoms. The van der Waals surface area contributed by atoms with Gasteiger partial charge in [0.1, 0.15) is 5.69 Å². The van der Waals surface area contributed by atoms with E-state index in [0.717, 1.165) is 37.2 Å². The predicted molar refractivity (Wildman–Crippen MR) is 129 cm³/mol. The number of pyridine rings is 1. The summed E-state index contributed by atoms with van der Waals surface area (Å²) < 4.78 is 0. The van der Waals surface area contributed by atoms with Crippen LogP contribution in [0.15, 0.2) is 42.7 Å². The summed E-state index contributed by atoms with van der Waals surface area (Å²) in [5.74, 6) is 0.712. The van der Waals surface area contributed by atoms with Gasteiger partial charge in [0, 0.05) is 37.1 Å². The van der Waals surface area contributed by atoms with Gasteiger partial charge in [0.25, 0.3) is 0 Å². The fourth-order valence-corrected chi connectivity index (χ4v) is 4.74. The molecule has 1 aromatic carbocycles. The first-order valence-corrected chi connectivity index (χ1v) is 11.4. The van der Waals surface area contributed by atoms with E-state index in [9.17, 15) is 5.11 Å². The van der Waals surface area contributed by atoms with Crippen molar-refractivity contribution >= 4 is 29.0 Å². The summed E-state index contributed by atoms with van der Waals surface area (Å²) in [6.45, 7) is 5.48. The first-order valence-electron chi connectivity index (χ1n) is 10.7. The van der Waals surface area contributed by atoms with Crippen LogP contribution in [0.4, 0.5) is 5.82 Å². The summed E-state index contributed by atoms with van der Waals surface area (Å²) in [5, 5.41) is 10.9. The number of nitrogens with two attached hydrogens (primary N) is 1. The van der Waals surface area contributed by atoms with E-state index in [2.05, 4.69) is 16.8 Å². The molecule has 0 saturated carbocycles. The maximum Gasteiger partial charge on any atom is 0.153 e. The Hall–Kier alpha value is -2.25. The number of piperidine rings is 1. The average Bonchev–Trinajstić information content (AvgIpc) is 2.81. The highest BCUT2D eigenvalue weighted by Crippen LogP contribution is 2.42. The van der Waals surface area contributed by atoms with Gasteiger partial charge in [-0.05, 0) is 42.9 Å². The van der Waals surface area contributed by atoms with Gasteiger partial charge < -0.3 is 15.7 Å². The van der Waals surface area contributed by atoms with Gasteiger partial charge in [-0.2, -0.15) is 0 Å². The van der Waals surface area contributed by atoms with Gasteiger partial charge in [0.15, 0.2) is 5.82 Å². The largest absolute Gasteiger partial charge is 0.390 e. The molecule has 4 rings (SSSR count). The Morgan fingerprint density at radius 3 is 2.56 bits per heavy atom. The number of halogens is 2. The number of hydrogen-bond acceptors (Lipinski definition) is 6. The van der Waals surface area contributed by atoms with E-state index >= 15 is 0 Å². The number of aromatic nitrogens is 3. The second-order valence-electron chi connectivity index (χ2n) is 8.59. The Morgan fingerprint density at radius 1 is 1.16 bits per heavy atom. The molecular formula is C24H27Cl2N5O. The van der Waals surface area contributed by atoms with E-state index in [1.54, 1.807) is 12.3 Å². The van der Waals surface area contributed by atoms with Gasteiger partial charge in [-0.3, -0.25) is 4.98 Å². The number of aryl methyl sites for hydroxylation is 1.